The number of para-hydroxylation sites is 1. The molecule has 1 atom stereocenters. The highest BCUT2D eigenvalue weighted by atomic mass is 19.1. The van der Waals surface area contributed by atoms with Gasteiger partial charge in [0.05, 0.1) is 0 Å². The molecule has 94 valence electrons. The number of halogens is 1. The summed E-state index contributed by atoms with van der Waals surface area (Å²) in [4.78, 5) is 0. The first-order valence-electron chi connectivity index (χ1n) is 6.39. The van der Waals surface area contributed by atoms with E-state index in [1.165, 1.54) is 6.07 Å². The zero-order chi connectivity index (χ0) is 12.5. The number of nitrogens with two attached hydrogens (primary N) is 1. The Morgan fingerprint density at radius 2 is 2.17 bits per heavy atom. The molecule has 3 heteroatoms. The van der Waals surface area contributed by atoms with E-state index < -0.39 is 0 Å². The molecule has 0 radical (unpaired) electrons. The van der Waals surface area contributed by atoms with Gasteiger partial charge in [0.25, 0.3) is 0 Å². The van der Waals surface area contributed by atoms with Gasteiger partial charge in [0.15, 0.2) is 11.4 Å². The molecule has 1 aromatic carbocycles. The van der Waals surface area contributed by atoms with E-state index in [4.69, 9.17) is 10.2 Å². The largest absolute Gasteiger partial charge is 0.453 e. The third-order valence-corrected chi connectivity index (χ3v) is 3.46. The molecule has 0 fully saturated rings. The molecule has 2 aromatic rings. The van der Waals surface area contributed by atoms with Crippen LogP contribution in [0.4, 0.5) is 4.39 Å². The summed E-state index contributed by atoms with van der Waals surface area (Å²) in [7, 11) is 0. The van der Waals surface area contributed by atoms with Crippen LogP contribution in [0.5, 0.6) is 0 Å². The third kappa shape index (κ3) is 2.06. The van der Waals surface area contributed by atoms with Crippen LogP contribution in [0.25, 0.3) is 16.5 Å². The Morgan fingerprint density at radius 3 is 3.00 bits per heavy atom. The van der Waals surface area contributed by atoms with Crippen LogP contribution in [0, 0.1) is 5.82 Å². The summed E-state index contributed by atoms with van der Waals surface area (Å²) in [6.45, 7) is 0. The average molecular weight is 245 g/mol. The monoisotopic (exact) mass is 245 g/mol. The summed E-state index contributed by atoms with van der Waals surface area (Å²) < 4.78 is 19.2. The average Bonchev–Trinajstić information content (AvgIpc) is 2.67. The molecule has 1 aromatic heterocycles. The third-order valence-electron chi connectivity index (χ3n) is 3.46. The lowest BCUT2D eigenvalue weighted by molar-refractivity contribution is 0.549. The van der Waals surface area contributed by atoms with Crippen molar-refractivity contribution >= 4 is 16.5 Å². The van der Waals surface area contributed by atoms with Gasteiger partial charge < -0.3 is 10.2 Å². The number of allylic oxidation sites excluding steroid dienone is 1. The first-order valence-corrected chi connectivity index (χ1v) is 6.39. The second-order valence-electron chi connectivity index (χ2n) is 4.87. The van der Waals surface area contributed by atoms with Gasteiger partial charge in [-0.15, -0.1) is 0 Å². The molecule has 1 aliphatic carbocycles. The van der Waals surface area contributed by atoms with Crippen LogP contribution >= 0.6 is 0 Å². The molecule has 0 amide bonds. The van der Waals surface area contributed by atoms with Crippen molar-refractivity contribution in [2.75, 3.05) is 0 Å². The first-order chi connectivity index (χ1) is 8.74. The van der Waals surface area contributed by atoms with Crippen LogP contribution in [-0.2, 0) is 0 Å². The standard InChI is InChI=1S/C15H16FNO/c16-13-7-3-5-11-9-14(18-15(11)13)10-4-1-2-6-12(17)8-10/h3,5,7-9,12H,1-2,4,6,17H2. The highest BCUT2D eigenvalue weighted by molar-refractivity contribution is 5.82. The molecule has 1 aliphatic rings. The molecule has 0 spiro atoms. The van der Waals surface area contributed by atoms with E-state index in [0.717, 1.165) is 42.4 Å². The topological polar surface area (TPSA) is 39.2 Å². The number of hydrogen-bond acceptors (Lipinski definition) is 2. The SMILES string of the molecule is NC1C=C(c2cc3cccc(F)c3o2)CCCC1. The van der Waals surface area contributed by atoms with Crippen LogP contribution in [0.1, 0.15) is 31.4 Å². The maximum atomic E-state index is 13.6. The summed E-state index contributed by atoms with van der Waals surface area (Å²) in [6, 6.07) is 6.97. The predicted molar refractivity (Wildman–Crippen MR) is 70.6 cm³/mol. The second-order valence-corrected chi connectivity index (χ2v) is 4.87. The molecule has 0 saturated heterocycles. The molecule has 2 N–H and O–H groups in total. The molecule has 2 nitrogen and oxygen atoms in total. The number of furan rings is 1. The summed E-state index contributed by atoms with van der Waals surface area (Å²) in [5.41, 5.74) is 7.44. The van der Waals surface area contributed by atoms with Crippen molar-refractivity contribution in [3.05, 3.63) is 41.9 Å². The molecule has 0 bridgehead atoms. The van der Waals surface area contributed by atoms with Gasteiger partial charge in [0.2, 0.25) is 0 Å². The highest BCUT2D eigenvalue weighted by Crippen LogP contribution is 2.31. The van der Waals surface area contributed by atoms with E-state index >= 15 is 0 Å². The normalized spacial score (nSPS) is 20.8. The minimum atomic E-state index is -0.308. The van der Waals surface area contributed by atoms with Crippen molar-refractivity contribution in [2.45, 2.75) is 31.7 Å². The number of benzene rings is 1. The predicted octanol–water partition coefficient (Wildman–Crippen LogP) is 3.86. The number of rotatable bonds is 1. The zero-order valence-electron chi connectivity index (χ0n) is 10.2. The van der Waals surface area contributed by atoms with E-state index in [-0.39, 0.29) is 11.9 Å². The number of hydrogen-bond donors (Lipinski definition) is 1. The summed E-state index contributed by atoms with van der Waals surface area (Å²) in [6.07, 6.45) is 6.27. The second kappa shape index (κ2) is 4.58. The lowest BCUT2D eigenvalue weighted by atomic mass is 10.1. The molecule has 1 unspecified atom stereocenters. The lowest BCUT2D eigenvalue weighted by Gasteiger charge is -2.03. The van der Waals surface area contributed by atoms with Crippen molar-refractivity contribution in [3.8, 4) is 0 Å². The van der Waals surface area contributed by atoms with Crippen LogP contribution in [0.2, 0.25) is 0 Å². The smallest absolute Gasteiger partial charge is 0.170 e. The van der Waals surface area contributed by atoms with Gasteiger partial charge >= 0.3 is 0 Å². The maximum Gasteiger partial charge on any atom is 0.170 e. The highest BCUT2D eigenvalue weighted by Gasteiger charge is 2.15. The summed E-state index contributed by atoms with van der Waals surface area (Å²) >= 11 is 0. The summed E-state index contributed by atoms with van der Waals surface area (Å²) in [5.74, 6) is 0.449. The van der Waals surface area contributed by atoms with Gasteiger partial charge in [0, 0.05) is 11.4 Å². The van der Waals surface area contributed by atoms with Crippen molar-refractivity contribution in [1.29, 1.82) is 0 Å². The van der Waals surface area contributed by atoms with Gasteiger partial charge in [-0.1, -0.05) is 24.6 Å². The van der Waals surface area contributed by atoms with E-state index in [1.807, 2.05) is 12.1 Å². The van der Waals surface area contributed by atoms with Crippen LogP contribution in [0.3, 0.4) is 0 Å². The van der Waals surface area contributed by atoms with Crippen molar-refractivity contribution in [2.24, 2.45) is 5.73 Å². The van der Waals surface area contributed by atoms with E-state index in [2.05, 4.69) is 6.08 Å². The maximum absolute atomic E-state index is 13.6. The Balaban J connectivity index is 2.06. The number of fused-ring (bicyclic) bond motifs is 1. The molecule has 0 saturated carbocycles. The molecule has 0 aliphatic heterocycles. The molecule has 3 rings (SSSR count). The molecule has 1 heterocycles. The Kier molecular flexibility index (Phi) is 2.92. The minimum absolute atomic E-state index is 0.0839. The fourth-order valence-corrected chi connectivity index (χ4v) is 2.51. The van der Waals surface area contributed by atoms with Gasteiger partial charge in [-0.3, -0.25) is 0 Å². The fraction of sp³-hybridized carbons (Fsp3) is 0.333. The first kappa shape index (κ1) is 11.5. The van der Waals surface area contributed by atoms with Gasteiger partial charge in [-0.2, -0.15) is 0 Å². The van der Waals surface area contributed by atoms with E-state index in [1.54, 1.807) is 6.07 Å². The van der Waals surface area contributed by atoms with Crippen molar-refractivity contribution in [1.82, 2.24) is 0 Å². The van der Waals surface area contributed by atoms with Crippen molar-refractivity contribution in [3.63, 3.8) is 0 Å². The lowest BCUT2D eigenvalue weighted by Crippen LogP contribution is -2.15. The Morgan fingerprint density at radius 1 is 1.28 bits per heavy atom. The molecular formula is C15H16FNO. The Bertz CT molecular complexity index is 600. The summed E-state index contributed by atoms with van der Waals surface area (Å²) in [5, 5.41) is 0.809. The van der Waals surface area contributed by atoms with Crippen LogP contribution < -0.4 is 5.73 Å². The molecule has 18 heavy (non-hydrogen) atoms. The zero-order valence-corrected chi connectivity index (χ0v) is 10.2. The van der Waals surface area contributed by atoms with Crippen LogP contribution in [0.15, 0.2) is 34.8 Å². The Labute approximate surface area is 105 Å². The van der Waals surface area contributed by atoms with E-state index in [0.29, 0.717) is 5.58 Å². The molecular weight excluding hydrogens is 229 g/mol. The fourth-order valence-electron chi connectivity index (χ4n) is 2.51. The van der Waals surface area contributed by atoms with Gasteiger partial charge in [-0.25, -0.2) is 4.39 Å². The quantitative estimate of drug-likeness (QED) is 0.828. The Hall–Kier alpha value is -1.61. The van der Waals surface area contributed by atoms with Crippen molar-refractivity contribution < 1.29 is 8.81 Å². The van der Waals surface area contributed by atoms with E-state index in [9.17, 15) is 4.39 Å². The van der Waals surface area contributed by atoms with Gasteiger partial charge in [-0.05, 0) is 37.0 Å². The van der Waals surface area contributed by atoms with Crippen LogP contribution in [-0.4, -0.2) is 6.04 Å². The van der Waals surface area contributed by atoms with Gasteiger partial charge in [0.1, 0.15) is 5.76 Å². The minimum Gasteiger partial charge on any atom is -0.453 e.